The topological polar surface area (TPSA) is 67.8 Å². The molecule has 0 radical (unpaired) electrons. The molecule has 0 spiro atoms. The predicted molar refractivity (Wildman–Crippen MR) is 83.1 cm³/mol. The molecule has 0 atom stereocenters. The molecule has 1 N–H and O–H groups in total. The van der Waals surface area contributed by atoms with Crippen LogP contribution in [0.3, 0.4) is 0 Å². The van der Waals surface area contributed by atoms with Crippen LogP contribution in [-0.2, 0) is 13.0 Å². The number of hydrogen-bond donors (Lipinski definition) is 1. The minimum absolute atomic E-state index is 0.0671. The molecule has 0 amide bonds. The summed E-state index contributed by atoms with van der Waals surface area (Å²) in [7, 11) is 0. The number of H-pyrrole nitrogens is 1. The van der Waals surface area contributed by atoms with Crippen LogP contribution >= 0.6 is 11.6 Å². The van der Waals surface area contributed by atoms with Crippen LogP contribution in [0.1, 0.15) is 43.5 Å². The Labute approximate surface area is 127 Å². The molecule has 2 heterocycles. The number of rotatable bonds is 4. The lowest BCUT2D eigenvalue weighted by Gasteiger charge is -2.12. The summed E-state index contributed by atoms with van der Waals surface area (Å²) in [5.41, 5.74) is 1.30. The van der Waals surface area contributed by atoms with Gasteiger partial charge in [-0.1, -0.05) is 38.4 Å². The van der Waals surface area contributed by atoms with Crippen molar-refractivity contribution < 1.29 is 0 Å². The van der Waals surface area contributed by atoms with Gasteiger partial charge in [0.15, 0.2) is 0 Å². The van der Waals surface area contributed by atoms with Crippen molar-refractivity contribution >= 4 is 11.6 Å². The van der Waals surface area contributed by atoms with E-state index in [1.54, 1.807) is 6.20 Å². The van der Waals surface area contributed by atoms with Gasteiger partial charge < -0.3 is 0 Å². The van der Waals surface area contributed by atoms with Crippen molar-refractivity contribution in [3.05, 3.63) is 61.1 Å². The van der Waals surface area contributed by atoms with Crippen LogP contribution in [0.15, 0.2) is 27.9 Å². The Morgan fingerprint density at radius 1 is 1.38 bits per heavy atom. The molecule has 0 aromatic carbocycles. The van der Waals surface area contributed by atoms with Gasteiger partial charge >= 0.3 is 5.69 Å². The number of nitrogens with one attached hydrogen (secondary N) is 1. The van der Waals surface area contributed by atoms with E-state index in [1.807, 2.05) is 32.9 Å². The van der Waals surface area contributed by atoms with Gasteiger partial charge in [0.1, 0.15) is 5.15 Å². The predicted octanol–water partition coefficient (Wildman–Crippen LogP) is 2.32. The van der Waals surface area contributed by atoms with Crippen LogP contribution in [0.2, 0.25) is 5.15 Å². The number of halogens is 1. The third-order valence-corrected chi connectivity index (χ3v) is 3.72. The van der Waals surface area contributed by atoms with E-state index in [0.29, 0.717) is 5.56 Å². The molecule has 5 nitrogen and oxygen atoms in total. The molecule has 2 aromatic rings. The first-order valence-corrected chi connectivity index (χ1v) is 7.28. The summed E-state index contributed by atoms with van der Waals surface area (Å²) in [6, 6.07) is 3.79. The summed E-state index contributed by atoms with van der Waals surface area (Å²) in [6.45, 7) is 5.89. The molecular formula is C15H18ClN3O2. The van der Waals surface area contributed by atoms with Crippen LogP contribution in [0.25, 0.3) is 0 Å². The maximum Gasteiger partial charge on any atom is 0.329 e. The molecule has 0 aliphatic heterocycles. The average molecular weight is 308 g/mol. The van der Waals surface area contributed by atoms with Crippen LogP contribution in [-0.4, -0.2) is 14.5 Å². The van der Waals surface area contributed by atoms with Gasteiger partial charge in [-0.05, 0) is 24.0 Å². The molecule has 2 aromatic heterocycles. The SMILES string of the molecule is CCc1cccnc1Cn1c(=O)[nH]c(Cl)c(C(C)C)c1=O. The quantitative estimate of drug-likeness (QED) is 0.881. The second-order valence-electron chi connectivity index (χ2n) is 5.17. The molecule has 0 bridgehead atoms. The molecule has 0 fully saturated rings. The first kappa shape index (κ1) is 15.5. The van der Waals surface area contributed by atoms with Crippen molar-refractivity contribution in [3.8, 4) is 0 Å². The molecule has 0 unspecified atom stereocenters. The van der Waals surface area contributed by atoms with Crippen molar-refractivity contribution in [2.75, 3.05) is 0 Å². The lowest BCUT2D eigenvalue weighted by atomic mass is 10.1. The lowest BCUT2D eigenvalue weighted by molar-refractivity contribution is 0.655. The molecule has 0 aliphatic carbocycles. The first-order chi connectivity index (χ1) is 9.95. The van der Waals surface area contributed by atoms with Gasteiger partial charge in [0.25, 0.3) is 5.56 Å². The summed E-state index contributed by atoms with van der Waals surface area (Å²) >= 11 is 5.98. The minimum Gasteiger partial charge on any atom is -0.297 e. The smallest absolute Gasteiger partial charge is 0.297 e. The van der Waals surface area contributed by atoms with Gasteiger partial charge in [-0.2, -0.15) is 0 Å². The Hall–Kier alpha value is -1.88. The van der Waals surface area contributed by atoms with E-state index >= 15 is 0 Å². The van der Waals surface area contributed by atoms with Gasteiger partial charge in [0, 0.05) is 6.20 Å². The van der Waals surface area contributed by atoms with E-state index in [0.717, 1.165) is 22.2 Å². The zero-order valence-corrected chi connectivity index (χ0v) is 13.1. The largest absolute Gasteiger partial charge is 0.329 e. The highest BCUT2D eigenvalue weighted by Gasteiger charge is 2.16. The summed E-state index contributed by atoms with van der Waals surface area (Å²) in [5.74, 6) is -0.0671. The molecule has 2 rings (SSSR count). The van der Waals surface area contributed by atoms with Gasteiger partial charge in [-0.3, -0.25) is 19.3 Å². The molecule has 6 heteroatoms. The molecule has 0 aliphatic rings. The Kier molecular flexibility index (Phi) is 4.63. The minimum atomic E-state index is -0.512. The number of nitrogens with zero attached hydrogens (tertiary/aromatic N) is 2. The molecule has 21 heavy (non-hydrogen) atoms. The normalized spacial score (nSPS) is 11.1. The summed E-state index contributed by atoms with van der Waals surface area (Å²) in [6.07, 6.45) is 2.45. The second-order valence-corrected chi connectivity index (χ2v) is 5.54. The van der Waals surface area contributed by atoms with Crippen LogP contribution < -0.4 is 11.2 Å². The molecular weight excluding hydrogens is 290 g/mol. The fourth-order valence-corrected chi connectivity index (χ4v) is 2.67. The fourth-order valence-electron chi connectivity index (χ4n) is 2.29. The average Bonchev–Trinajstić information content (AvgIpc) is 2.43. The molecule has 112 valence electrons. The Morgan fingerprint density at radius 2 is 2.10 bits per heavy atom. The number of aromatic nitrogens is 3. The Bertz CT molecular complexity index is 762. The summed E-state index contributed by atoms with van der Waals surface area (Å²) in [4.78, 5) is 31.3. The fraction of sp³-hybridized carbons (Fsp3) is 0.400. The van der Waals surface area contributed by atoms with E-state index in [4.69, 9.17) is 11.6 Å². The highest BCUT2D eigenvalue weighted by molar-refractivity contribution is 6.30. The molecule has 0 saturated heterocycles. The first-order valence-electron chi connectivity index (χ1n) is 6.91. The van der Waals surface area contributed by atoms with E-state index < -0.39 is 5.69 Å². The van der Waals surface area contributed by atoms with Crippen molar-refractivity contribution in [2.45, 2.75) is 39.7 Å². The van der Waals surface area contributed by atoms with Crippen LogP contribution in [0, 0.1) is 0 Å². The summed E-state index contributed by atoms with van der Waals surface area (Å²) < 4.78 is 1.16. The van der Waals surface area contributed by atoms with E-state index in [-0.39, 0.29) is 23.2 Å². The van der Waals surface area contributed by atoms with Gasteiger partial charge in [0.2, 0.25) is 0 Å². The van der Waals surface area contributed by atoms with E-state index in [2.05, 4.69) is 9.97 Å². The molecule has 0 saturated carbocycles. The van der Waals surface area contributed by atoms with Crippen molar-refractivity contribution in [1.82, 2.24) is 14.5 Å². The maximum absolute atomic E-state index is 12.5. The highest BCUT2D eigenvalue weighted by atomic mass is 35.5. The Morgan fingerprint density at radius 3 is 2.71 bits per heavy atom. The zero-order chi connectivity index (χ0) is 15.6. The summed E-state index contributed by atoms with van der Waals surface area (Å²) in [5, 5.41) is 0.119. The Balaban J connectivity index is 2.58. The van der Waals surface area contributed by atoms with E-state index in [9.17, 15) is 9.59 Å². The number of aryl methyl sites for hydroxylation is 1. The van der Waals surface area contributed by atoms with Gasteiger partial charge in [-0.15, -0.1) is 0 Å². The third kappa shape index (κ3) is 3.08. The van der Waals surface area contributed by atoms with Crippen molar-refractivity contribution in [1.29, 1.82) is 0 Å². The van der Waals surface area contributed by atoms with Crippen LogP contribution in [0.4, 0.5) is 0 Å². The third-order valence-electron chi connectivity index (χ3n) is 3.42. The van der Waals surface area contributed by atoms with Crippen LogP contribution in [0.5, 0.6) is 0 Å². The monoisotopic (exact) mass is 307 g/mol. The van der Waals surface area contributed by atoms with Gasteiger partial charge in [-0.25, -0.2) is 4.79 Å². The number of hydrogen-bond acceptors (Lipinski definition) is 3. The standard InChI is InChI=1S/C15H18ClN3O2/c1-4-10-6-5-7-17-11(10)8-19-14(20)12(9(2)3)13(16)18-15(19)21/h5-7,9H,4,8H2,1-3H3,(H,18,21). The van der Waals surface area contributed by atoms with Gasteiger partial charge in [0.05, 0.1) is 17.8 Å². The van der Waals surface area contributed by atoms with Crippen molar-refractivity contribution in [3.63, 3.8) is 0 Å². The van der Waals surface area contributed by atoms with Crippen molar-refractivity contribution in [2.24, 2.45) is 0 Å². The second kappa shape index (κ2) is 6.26. The number of pyridine rings is 1. The maximum atomic E-state index is 12.5. The highest BCUT2D eigenvalue weighted by Crippen LogP contribution is 2.16. The zero-order valence-electron chi connectivity index (χ0n) is 12.3. The number of aromatic amines is 1. The van der Waals surface area contributed by atoms with E-state index in [1.165, 1.54) is 0 Å². The lowest BCUT2D eigenvalue weighted by Crippen LogP contribution is -2.38.